The van der Waals surface area contributed by atoms with Crippen LogP contribution in [-0.2, 0) is 17.8 Å². The van der Waals surface area contributed by atoms with Crippen LogP contribution in [0.2, 0.25) is 0 Å². The molecule has 0 amide bonds. The molecule has 0 saturated carbocycles. The smallest absolute Gasteiger partial charge is 0.191 e. The van der Waals surface area contributed by atoms with Crippen molar-refractivity contribution in [2.45, 2.75) is 39.8 Å². The van der Waals surface area contributed by atoms with Crippen LogP contribution < -0.4 is 15.4 Å². The van der Waals surface area contributed by atoms with Crippen LogP contribution in [0.15, 0.2) is 34.6 Å². The molecule has 0 unspecified atom stereocenters. The van der Waals surface area contributed by atoms with E-state index in [2.05, 4.69) is 52.7 Å². The van der Waals surface area contributed by atoms with Crippen LogP contribution >= 0.6 is 11.3 Å². The van der Waals surface area contributed by atoms with Gasteiger partial charge in [-0.05, 0) is 18.9 Å². The third kappa shape index (κ3) is 7.79. The monoisotopic (exact) mass is 445 g/mol. The molecule has 1 saturated heterocycles. The Morgan fingerprint density at radius 1 is 1.26 bits per heavy atom. The van der Waals surface area contributed by atoms with E-state index in [0.717, 1.165) is 67.4 Å². The summed E-state index contributed by atoms with van der Waals surface area (Å²) in [5.74, 6) is 2.13. The van der Waals surface area contributed by atoms with Crippen LogP contribution in [0.25, 0.3) is 0 Å². The minimum absolute atomic E-state index is 0.451. The van der Waals surface area contributed by atoms with Gasteiger partial charge in [0.05, 0.1) is 32.0 Å². The summed E-state index contributed by atoms with van der Waals surface area (Å²) in [6.45, 7) is 13.6. The minimum Gasteiger partial charge on any atom is -0.492 e. The predicted molar refractivity (Wildman–Crippen MR) is 127 cm³/mol. The second-order valence-corrected chi connectivity index (χ2v) is 8.72. The summed E-state index contributed by atoms with van der Waals surface area (Å²) >= 11 is 1.69. The van der Waals surface area contributed by atoms with Gasteiger partial charge in [0, 0.05) is 37.1 Å². The number of aromatic nitrogens is 1. The fraction of sp³-hybridized carbons (Fsp3) is 0.565. The molecule has 1 aromatic carbocycles. The summed E-state index contributed by atoms with van der Waals surface area (Å²) in [5.41, 5.74) is 2.23. The number of hydrogen-bond donors (Lipinski definition) is 2. The third-order valence-electron chi connectivity index (χ3n) is 5.06. The van der Waals surface area contributed by atoms with Gasteiger partial charge in [-0.1, -0.05) is 32.0 Å². The van der Waals surface area contributed by atoms with E-state index in [0.29, 0.717) is 25.6 Å². The Morgan fingerprint density at radius 3 is 2.81 bits per heavy atom. The maximum Gasteiger partial charge on any atom is 0.191 e. The number of morpholine rings is 1. The van der Waals surface area contributed by atoms with Crippen LogP contribution in [-0.4, -0.2) is 61.8 Å². The van der Waals surface area contributed by atoms with Gasteiger partial charge in [0.2, 0.25) is 0 Å². The molecule has 1 aliphatic heterocycles. The van der Waals surface area contributed by atoms with E-state index >= 15 is 0 Å². The van der Waals surface area contributed by atoms with Gasteiger partial charge in [-0.3, -0.25) is 4.90 Å². The van der Waals surface area contributed by atoms with Crippen molar-refractivity contribution in [1.82, 2.24) is 20.5 Å². The van der Waals surface area contributed by atoms with Gasteiger partial charge in [-0.2, -0.15) is 0 Å². The van der Waals surface area contributed by atoms with E-state index in [1.807, 2.05) is 18.2 Å². The molecule has 2 heterocycles. The van der Waals surface area contributed by atoms with Crippen molar-refractivity contribution in [3.63, 3.8) is 0 Å². The van der Waals surface area contributed by atoms with Gasteiger partial charge in [0.25, 0.3) is 0 Å². The lowest BCUT2D eigenvalue weighted by Crippen LogP contribution is -2.38. The summed E-state index contributed by atoms with van der Waals surface area (Å²) in [4.78, 5) is 11.8. The largest absolute Gasteiger partial charge is 0.492 e. The fourth-order valence-electron chi connectivity index (χ4n) is 3.22. The van der Waals surface area contributed by atoms with Crippen LogP contribution in [0.4, 0.5) is 0 Å². The molecule has 3 rings (SSSR count). The minimum atomic E-state index is 0.451. The highest BCUT2D eigenvalue weighted by molar-refractivity contribution is 7.09. The molecule has 31 heavy (non-hydrogen) atoms. The van der Waals surface area contributed by atoms with Crippen LogP contribution in [0.1, 0.15) is 43.0 Å². The fourth-order valence-corrected chi connectivity index (χ4v) is 4.12. The van der Waals surface area contributed by atoms with E-state index in [1.165, 1.54) is 0 Å². The predicted octanol–water partition coefficient (Wildman–Crippen LogP) is 3.23. The molecule has 0 atom stereocenters. The Kier molecular flexibility index (Phi) is 9.58. The summed E-state index contributed by atoms with van der Waals surface area (Å²) in [5, 5.41) is 9.91. The molecule has 2 aromatic rings. The van der Waals surface area contributed by atoms with Crippen molar-refractivity contribution < 1.29 is 9.47 Å². The van der Waals surface area contributed by atoms with E-state index in [4.69, 9.17) is 14.5 Å². The highest BCUT2D eigenvalue weighted by Gasteiger charge is 2.11. The SMILES string of the molecule is CCNC(=NCc1ccccc1OCCN1CCOCC1)NCc1nc(C(C)C)cs1. The second kappa shape index (κ2) is 12.6. The first-order chi connectivity index (χ1) is 15.2. The molecule has 0 aliphatic carbocycles. The second-order valence-electron chi connectivity index (χ2n) is 7.78. The zero-order valence-corrected chi connectivity index (χ0v) is 19.7. The Balaban J connectivity index is 1.54. The number of rotatable bonds is 10. The van der Waals surface area contributed by atoms with E-state index < -0.39 is 0 Å². The molecule has 1 aromatic heterocycles. The summed E-state index contributed by atoms with van der Waals surface area (Å²) in [6, 6.07) is 8.14. The van der Waals surface area contributed by atoms with Gasteiger partial charge in [-0.25, -0.2) is 9.98 Å². The Hall–Kier alpha value is -2.16. The van der Waals surface area contributed by atoms with Gasteiger partial charge in [-0.15, -0.1) is 11.3 Å². The van der Waals surface area contributed by atoms with Gasteiger partial charge in [0.15, 0.2) is 5.96 Å². The van der Waals surface area contributed by atoms with Crippen molar-refractivity contribution in [3.05, 3.63) is 45.9 Å². The highest BCUT2D eigenvalue weighted by Crippen LogP contribution is 2.19. The third-order valence-corrected chi connectivity index (χ3v) is 5.93. The molecule has 0 bridgehead atoms. The van der Waals surface area contributed by atoms with E-state index in [9.17, 15) is 0 Å². The Bertz CT molecular complexity index is 818. The summed E-state index contributed by atoms with van der Waals surface area (Å²) < 4.78 is 11.5. The molecule has 2 N–H and O–H groups in total. The van der Waals surface area contributed by atoms with Crippen molar-refractivity contribution >= 4 is 17.3 Å². The van der Waals surface area contributed by atoms with Gasteiger partial charge >= 0.3 is 0 Å². The lowest BCUT2D eigenvalue weighted by molar-refractivity contribution is 0.0322. The maximum absolute atomic E-state index is 6.09. The van der Waals surface area contributed by atoms with Gasteiger partial charge < -0.3 is 20.1 Å². The first-order valence-electron chi connectivity index (χ1n) is 11.1. The Morgan fingerprint density at radius 2 is 2.06 bits per heavy atom. The van der Waals surface area contributed by atoms with Crippen molar-refractivity contribution in [3.8, 4) is 5.75 Å². The molecule has 0 spiro atoms. The first-order valence-corrected chi connectivity index (χ1v) is 12.0. The maximum atomic E-state index is 6.09. The number of ether oxygens (including phenoxy) is 2. The highest BCUT2D eigenvalue weighted by atomic mass is 32.1. The van der Waals surface area contributed by atoms with Crippen molar-refractivity contribution in [1.29, 1.82) is 0 Å². The number of benzene rings is 1. The van der Waals surface area contributed by atoms with Crippen LogP contribution in [0.3, 0.4) is 0 Å². The van der Waals surface area contributed by atoms with Gasteiger partial charge in [0.1, 0.15) is 17.4 Å². The number of aliphatic imine (C=N–C) groups is 1. The zero-order valence-electron chi connectivity index (χ0n) is 18.9. The molecule has 0 radical (unpaired) electrons. The quantitative estimate of drug-likeness (QED) is 0.432. The number of nitrogens with zero attached hydrogens (tertiary/aromatic N) is 3. The number of guanidine groups is 1. The Labute approximate surface area is 189 Å². The number of thiazole rings is 1. The molecule has 1 fully saturated rings. The molecule has 7 nitrogen and oxygen atoms in total. The molecular formula is C23H35N5O2S. The summed E-state index contributed by atoms with van der Waals surface area (Å²) in [7, 11) is 0. The molecule has 170 valence electrons. The van der Waals surface area contributed by atoms with Crippen molar-refractivity contribution in [2.75, 3.05) is 46.0 Å². The lowest BCUT2D eigenvalue weighted by Gasteiger charge is -2.26. The standard InChI is InChI=1S/C23H35N5O2S/c1-4-24-23(26-16-22-27-20(17-31-22)18(2)3)25-15-19-7-5-6-8-21(19)30-14-11-28-9-12-29-13-10-28/h5-8,17-18H,4,9-16H2,1-3H3,(H2,24,25,26). The van der Waals surface area contributed by atoms with Crippen LogP contribution in [0.5, 0.6) is 5.75 Å². The molecular weight excluding hydrogens is 410 g/mol. The average Bonchev–Trinajstić information content (AvgIpc) is 3.27. The average molecular weight is 446 g/mol. The zero-order chi connectivity index (χ0) is 21.9. The topological polar surface area (TPSA) is 71.0 Å². The number of para-hydroxylation sites is 1. The number of hydrogen-bond acceptors (Lipinski definition) is 6. The van der Waals surface area contributed by atoms with Crippen LogP contribution in [0, 0.1) is 0 Å². The molecule has 8 heteroatoms. The van der Waals surface area contributed by atoms with E-state index in [-0.39, 0.29) is 0 Å². The number of nitrogens with one attached hydrogen (secondary N) is 2. The summed E-state index contributed by atoms with van der Waals surface area (Å²) in [6.07, 6.45) is 0. The normalized spacial score (nSPS) is 15.3. The lowest BCUT2D eigenvalue weighted by atomic mass is 10.2. The first kappa shape index (κ1) is 23.5. The van der Waals surface area contributed by atoms with Crippen molar-refractivity contribution in [2.24, 2.45) is 4.99 Å². The van der Waals surface area contributed by atoms with E-state index in [1.54, 1.807) is 11.3 Å². The molecule has 1 aliphatic rings.